The van der Waals surface area contributed by atoms with Gasteiger partial charge in [-0.2, -0.15) is 0 Å². The van der Waals surface area contributed by atoms with E-state index in [1.54, 1.807) is 6.92 Å². The summed E-state index contributed by atoms with van der Waals surface area (Å²) in [5.41, 5.74) is 5.52. The summed E-state index contributed by atoms with van der Waals surface area (Å²) in [5.74, 6) is -0.494. The maximum absolute atomic E-state index is 12.8. The van der Waals surface area contributed by atoms with Gasteiger partial charge in [0.1, 0.15) is 5.82 Å². The Labute approximate surface area is 109 Å². The highest BCUT2D eigenvalue weighted by Crippen LogP contribution is 2.22. The predicted molar refractivity (Wildman–Crippen MR) is 67.6 cm³/mol. The Kier molecular flexibility index (Phi) is 5.05. The zero-order valence-electron chi connectivity index (χ0n) is 9.28. The van der Waals surface area contributed by atoms with Crippen LogP contribution in [0.2, 0.25) is 0 Å². The number of nitrogens with one attached hydrogen (secondary N) is 1. The van der Waals surface area contributed by atoms with Gasteiger partial charge in [-0.05, 0) is 47.5 Å². The van der Waals surface area contributed by atoms with Crippen molar-refractivity contribution in [3.05, 3.63) is 28.5 Å². The van der Waals surface area contributed by atoms with Crippen molar-refractivity contribution in [1.82, 2.24) is 4.72 Å². The topological polar surface area (TPSA) is 72.2 Å². The molecule has 3 N–H and O–H groups in total. The molecule has 17 heavy (non-hydrogen) atoms. The highest BCUT2D eigenvalue weighted by atomic mass is 79.9. The summed E-state index contributed by atoms with van der Waals surface area (Å²) < 4.78 is 39.1. The minimum absolute atomic E-state index is 0.0172. The maximum atomic E-state index is 12.8. The van der Waals surface area contributed by atoms with Crippen LogP contribution in [0.25, 0.3) is 0 Å². The van der Waals surface area contributed by atoms with Crippen LogP contribution < -0.4 is 10.5 Å². The molecule has 0 aliphatic heterocycles. The highest BCUT2D eigenvalue weighted by Gasteiger charge is 2.17. The van der Waals surface area contributed by atoms with Crippen LogP contribution in [0.5, 0.6) is 0 Å². The van der Waals surface area contributed by atoms with Gasteiger partial charge in [-0.3, -0.25) is 0 Å². The molecule has 0 aliphatic carbocycles. The van der Waals surface area contributed by atoms with Gasteiger partial charge in [0.05, 0.1) is 4.90 Å². The molecule has 7 heteroatoms. The summed E-state index contributed by atoms with van der Waals surface area (Å²) in [7, 11) is -3.62. The van der Waals surface area contributed by atoms with Crippen LogP contribution in [-0.2, 0) is 10.0 Å². The average molecular weight is 325 g/mol. The highest BCUT2D eigenvalue weighted by molar-refractivity contribution is 9.10. The number of hydrogen-bond donors (Lipinski definition) is 2. The summed E-state index contributed by atoms with van der Waals surface area (Å²) in [6.45, 7) is 2.05. The van der Waals surface area contributed by atoms with Crippen LogP contribution in [0, 0.1) is 5.82 Å². The Morgan fingerprint density at radius 3 is 2.71 bits per heavy atom. The minimum atomic E-state index is -3.62. The summed E-state index contributed by atoms with van der Waals surface area (Å²) in [6.07, 6.45) is 0.540. The van der Waals surface area contributed by atoms with Crippen molar-refractivity contribution in [1.29, 1.82) is 0 Å². The normalized spacial score (nSPS) is 13.6. The van der Waals surface area contributed by atoms with E-state index in [2.05, 4.69) is 20.7 Å². The molecule has 0 fully saturated rings. The van der Waals surface area contributed by atoms with Crippen molar-refractivity contribution >= 4 is 26.0 Å². The third-order valence-corrected chi connectivity index (χ3v) is 4.51. The van der Waals surface area contributed by atoms with Gasteiger partial charge in [0.25, 0.3) is 0 Å². The fourth-order valence-electron chi connectivity index (χ4n) is 1.19. The lowest BCUT2D eigenvalue weighted by Crippen LogP contribution is -2.29. The fourth-order valence-corrected chi connectivity index (χ4v) is 3.29. The molecule has 1 rings (SSSR count). The van der Waals surface area contributed by atoms with E-state index in [1.165, 1.54) is 6.07 Å². The van der Waals surface area contributed by atoms with Crippen molar-refractivity contribution in [3.8, 4) is 0 Å². The van der Waals surface area contributed by atoms with Crippen LogP contribution in [0.3, 0.4) is 0 Å². The third-order valence-electron chi connectivity index (χ3n) is 2.08. The first kappa shape index (κ1) is 14.6. The Hall–Kier alpha value is -0.500. The molecular weight excluding hydrogens is 311 g/mol. The number of halogens is 2. The SMILES string of the molecule is CC(N)CCNS(=O)(=O)c1ccc(F)cc1Br. The van der Waals surface area contributed by atoms with E-state index in [0.717, 1.165) is 12.1 Å². The first-order valence-corrected chi connectivity index (χ1v) is 7.31. The van der Waals surface area contributed by atoms with E-state index < -0.39 is 15.8 Å². The molecule has 0 aromatic heterocycles. The van der Waals surface area contributed by atoms with Crippen molar-refractivity contribution in [2.24, 2.45) is 5.73 Å². The number of hydrogen-bond acceptors (Lipinski definition) is 3. The molecule has 4 nitrogen and oxygen atoms in total. The molecule has 96 valence electrons. The van der Waals surface area contributed by atoms with Crippen LogP contribution >= 0.6 is 15.9 Å². The van der Waals surface area contributed by atoms with Gasteiger partial charge in [0, 0.05) is 17.1 Å². The van der Waals surface area contributed by atoms with Crippen LogP contribution in [-0.4, -0.2) is 21.0 Å². The fraction of sp³-hybridized carbons (Fsp3) is 0.400. The Morgan fingerprint density at radius 2 is 2.18 bits per heavy atom. The molecule has 0 bridgehead atoms. The predicted octanol–water partition coefficient (Wildman–Crippen LogP) is 1.60. The van der Waals surface area contributed by atoms with E-state index in [4.69, 9.17) is 5.73 Å². The molecule has 1 unspecified atom stereocenters. The van der Waals surface area contributed by atoms with E-state index in [-0.39, 0.29) is 22.0 Å². The van der Waals surface area contributed by atoms with E-state index in [1.807, 2.05) is 0 Å². The lowest BCUT2D eigenvalue weighted by Gasteiger charge is -2.09. The Balaban J connectivity index is 2.83. The molecule has 0 saturated heterocycles. The first-order chi connectivity index (χ1) is 7.83. The monoisotopic (exact) mass is 324 g/mol. The van der Waals surface area contributed by atoms with Crippen LogP contribution in [0.15, 0.2) is 27.6 Å². The number of benzene rings is 1. The second kappa shape index (κ2) is 5.90. The summed E-state index contributed by atoms with van der Waals surface area (Å²) in [4.78, 5) is 0.0172. The number of sulfonamides is 1. The Bertz CT molecular complexity index is 491. The molecule has 1 aromatic rings. The standard InChI is InChI=1S/C10H14BrFN2O2S/c1-7(13)4-5-14-17(15,16)10-3-2-8(12)6-9(10)11/h2-3,6-7,14H,4-5,13H2,1H3. The number of rotatable bonds is 5. The lowest BCUT2D eigenvalue weighted by atomic mass is 10.3. The molecule has 0 radical (unpaired) electrons. The summed E-state index contributed by atoms with van der Waals surface area (Å²) in [6, 6.07) is 3.35. The van der Waals surface area contributed by atoms with Gasteiger partial charge in [0.15, 0.2) is 0 Å². The van der Waals surface area contributed by atoms with Crippen molar-refractivity contribution in [2.45, 2.75) is 24.3 Å². The van der Waals surface area contributed by atoms with Crippen molar-refractivity contribution < 1.29 is 12.8 Å². The Morgan fingerprint density at radius 1 is 1.53 bits per heavy atom. The molecule has 0 aliphatic rings. The van der Waals surface area contributed by atoms with Crippen molar-refractivity contribution in [2.75, 3.05) is 6.54 Å². The van der Waals surface area contributed by atoms with Gasteiger partial charge in [0.2, 0.25) is 10.0 Å². The second-order valence-corrected chi connectivity index (χ2v) is 6.33. The average Bonchev–Trinajstić information content (AvgIpc) is 2.15. The largest absolute Gasteiger partial charge is 0.328 e. The van der Waals surface area contributed by atoms with E-state index >= 15 is 0 Å². The zero-order chi connectivity index (χ0) is 13.1. The first-order valence-electron chi connectivity index (χ1n) is 5.03. The molecule has 1 atom stereocenters. The van der Waals surface area contributed by atoms with Gasteiger partial charge < -0.3 is 5.73 Å². The molecule has 0 spiro atoms. The van der Waals surface area contributed by atoms with Gasteiger partial charge in [-0.1, -0.05) is 0 Å². The van der Waals surface area contributed by atoms with E-state index in [0.29, 0.717) is 6.42 Å². The van der Waals surface area contributed by atoms with Crippen LogP contribution in [0.4, 0.5) is 4.39 Å². The zero-order valence-corrected chi connectivity index (χ0v) is 11.7. The lowest BCUT2D eigenvalue weighted by molar-refractivity contribution is 0.570. The van der Waals surface area contributed by atoms with Gasteiger partial charge >= 0.3 is 0 Å². The van der Waals surface area contributed by atoms with Crippen LogP contribution in [0.1, 0.15) is 13.3 Å². The molecule has 0 heterocycles. The van der Waals surface area contributed by atoms with Gasteiger partial charge in [-0.25, -0.2) is 17.5 Å². The molecule has 1 aromatic carbocycles. The van der Waals surface area contributed by atoms with E-state index in [9.17, 15) is 12.8 Å². The summed E-state index contributed by atoms with van der Waals surface area (Å²) in [5, 5.41) is 0. The smallest absolute Gasteiger partial charge is 0.241 e. The van der Waals surface area contributed by atoms with Gasteiger partial charge in [-0.15, -0.1) is 0 Å². The minimum Gasteiger partial charge on any atom is -0.328 e. The maximum Gasteiger partial charge on any atom is 0.241 e. The summed E-state index contributed by atoms with van der Waals surface area (Å²) >= 11 is 3.02. The quantitative estimate of drug-likeness (QED) is 0.864. The molecular formula is C10H14BrFN2O2S. The second-order valence-electron chi connectivity index (χ2n) is 3.74. The molecule has 0 saturated carbocycles. The molecule has 0 amide bonds. The van der Waals surface area contributed by atoms with Crippen molar-refractivity contribution in [3.63, 3.8) is 0 Å². The number of nitrogens with two attached hydrogens (primary N) is 1. The third kappa shape index (κ3) is 4.34.